The lowest BCUT2D eigenvalue weighted by molar-refractivity contribution is -0.136. The normalized spacial score (nSPS) is 21.8. The van der Waals surface area contributed by atoms with Gasteiger partial charge in [-0.05, 0) is 24.8 Å². The zero-order chi connectivity index (χ0) is 33.0. The summed E-state index contributed by atoms with van der Waals surface area (Å²) in [7, 11) is 0. The monoisotopic (exact) mass is 648 g/mol. The molecule has 6 amide bonds. The molecule has 1 fully saturated rings. The van der Waals surface area contributed by atoms with Gasteiger partial charge in [-0.1, -0.05) is 56.5 Å². The number of carboxylic acids is 1. The number of nitrogens with one attached hydrogen (secondary N) is 6. The first-order chi connectivity index (χ1) is 21.6. The zero-order valence-corrected chi connectivity index (χ0v) is 26.3. The fourth-order valence-corrected chi connectivity index (χ4v) is 5.48. The molecule has 1 heterocycles. The molecular weight excluding hydrogens is 604 g/mol. The second kappa shape index (κ2) is 20.7. The molecule has 0 saturated carbocycles. The van der Waals surface area contributed by atoms with Crippen LogP contribution in [0.5, 0.6) is 0 Å². The van der Waals surface area contributed by atoms with Crippen LogP contribution in [-0.2, 0) is 40.0 Å². The van der Waals surface area contributed by atoms with Crippen LogP contribution in [0.4, 0.5) is 0 Å². The van der Waals surface area contributed by atoms with Gasteiger partial charge in [0.15, 0.2) is 0 Å². The van der Waals surface area contributed by atoms with Crippen LogP contribution >= 0.6 is 11.8 Å². The van der Waals surface area contributed by atoms with Gasteiger partial charge in [-0.3, -0.25) is 33.6 Å². The van der Waals surface area contributed by atoms with Crippen molar-refractivity contribution in [2.24, 2.45) is 0 Å². The summed E-state index contributed by atoms with van der Waals surface area (Å²) in [5.74, 6) is -4.53. The fourth-order valence-electron chi connectivity index (χ4n) is 4.35. The Morgan fingerprint density at radius 3 is 2.24 bits per heavy atom. The molecule has 3 atom stereocenters. The van der Waals surface area contributed by atoms with Crippen LogP contribution in [0.2, 0.25) is 0 Å². The molecule has 2 rings (SSSR count). The third-order valence-corrected chi connectivity index (χ3v) is 8.21. The Balaban J connectivity index is 2.20. The van der Waals surface area contributed by atoms with E-state index in [4.69, 9.17) is 0 Å². The summed E-state index contributed by atoms with van der Waals surface area (Å²) in [4.78, 5) is 87.8. The summed E-state index contributed by atoms with van der Waals surface area (Å²) in [5, 5.41) is 24.1. The Bertz CT molecular complexity index is 1170. The molecule has 1 aliphatic rings. The molecule has 14 nitrogen and oxygen atoms in total. The molecule has 0 radical (unpaired) electrons. The van der Waals surface area contributed by atoms with Crippen molar-refractivity contribution >= 4 is 53.2 Å². The Morgan fingerprint density at radius 2 is 1.53 bits per heavy atom. The number of unbranched alkanes of at least 4 members (excludes halogenated alkanes) is 2. The van der Waals surface area contributed by atoms with Crippen molar-refractivity contribution in [1.82, 2.24) is 31.9 Å². The fraction of sp³-hybridized carbons (Fsp3) is 0.567. The molecule has 15 heteroatoms. The molecule has 1 aliphatic heterocycles. The SMILES string of the molecule is CCCCCC(=O)NC1CSC(C(=O)O)CCCCNC(=O)CNC(=O)CNC(=O)C(Cc2ccccc2)NC(=O)CNC1=O. The van der Waals surface area contributed by atoms with E-state index in [0.717, 1.165) is 30.2 Å². The minimum atomic E-state index is -1.10. The molecule has 0 bridgehead atoms. The van der Waals surface area contributed by atoms with Gasteiger partial charge in [0, 0.05) is 25.1 Å². The highest BCUT2D eigenvalue weighted by molar-refractivity contribution is 8.00. The van der Waals surface area contributed by atoms with E-state index in [2.05, 4.69) is 31.9 Å². The summed E-state index contributed by atoms with van der Waals surface area (Å²) < 4.78 is 0. The van der Waals surface area contributed by atoms with Crippen LogP contribution in [-0.4, -0.2) is 95.8 Å². The van der Waals surface area contributed by atoms with Crippen molar-refractivity contribution < 1.29 is 38.7 Å². The van der Waals surface area contributed by atoms with E-state index in [0.29, 0.717) is 19.3 Å². The molecule has 45 heavy (non-hydrogen) atoms. The van der Waals surface area contributed by atoms with E-state index in [1.807, 2.05) is 6.92 Å². The predicted octanol–water partition coefficient (Wildman–Crippen LogP) is -0.386. The summed E-state index contributed by atoms with van der Waals surface area (Å²) in [5.41, 5.74) is 0.736. The van der Waals surface area contributed by atoms with E-state index in [9.17, 15) is 38.7 Å². The molecular formula is C30H44N6O8S. The van der Waals surface area contributed by atoms with Gasteiger partial charge in [-0.25, -0.2) is 0 Å². The molecule has 7 N–H and O–H groups in total. The third kappa shape index (κ3) is 15.4. The standard InChI is InChI=1S/C30H44N6O8S/c1-2-3-5-13-24(37)36-22-19-45-23(30(43)44)12-8-9-14-31-25(38)16-32-26(39)17-33-28(41)21(15-20-10-6-4-7-11-20)35-27(40)18-34-29(22)42/h4,6-7,10-11,21-23H,2-3,5,8-9,12-19H2,1H3,(H,31,38)(H,32,39)(H,33,41)(H,34,42)(H,35,40)(H,36,37)(H,43,44). The van der Waals surface area contributed by atoms with E-state index >= 15 is 0 Å². The van der Waals surface area contributed by atoms with Gasteiger partial charge in [-0.2, -0.15) is 0 Å². The van der Waals surface area contributed by atoms with E-state index in [-0.39, 0.29) is 44.0 Å². The Labute approximate surface area is 267 Å². The largest absolute Gasteiger partial charge is 0.480 e. The first kappa shape index (κ1) is 37.0. The van der Waals surface area contributed by atoms with Gasteiger partial charge in [0.05, 0.1) is 19.6 Å². The Hall–Kier alpha value is -4.14. The average Bonchev–Trinajstić information content (AvgIpc) is 3.01. The van der Waals surface area contributed by atoms with Crippen molar-refractivity contribution in [1.29, 1.82) is 0 Å². The number of carbonyl (C=O) groups is 7. The topological polar surface area (TPSA) is 212 Å². The van der Waals surface area contributed by atoms with E-state index < -0.39 is 65.9 Å². The number of benzene rings is 1. The lowest BCUT2D eigenvalue weighted by atomic mass is 10.1. The highest BCUT2D eigenvalue weighted by atomic mass is 32.2. The Morgan fingerprint density at radius 1 is 0.867 bits per heavy atom. The number of aliphatic carboxylic acids is 1. The van der Waals surface area contributed by atoms with Gasteiger partial charge >= 0.3 is 5.97 Å². The second-order valence-electron chi connectivity index (χ2n) is 10.6. The number of rotatable bonds is 8. The van der Waals surface area contributed by atoms with Crippen molar-refractivity contribution in [3.63, 3.8) is 0 Å². The van der Waals surface area contributed by atoms with Gasteiger partial charge in [-0.15, -0.1) is 11.8 Å². The lowest BCUT2D eigenvalue weighted by Crippen LogP contribution is -2.54. The molecule has 0 aliphatic carbocycles. The lowest BCUT2D eigenvalue weighted by Gasteiger charge is -2.21. The van der Waals surface area contributed by atoms with Gasteiger partial charge in [0.25, 0.3) is 0 Å². The predicted molar refractivity (Wildman–Crippen MR) is 168 cm³/mol. The number of amides is 6. The van der Waals surface area contributed by atoms with Crippen molar-refractivity contribution in [2.75, 3.05) is 31.9 Å². The maximum atomic E-state index is 13.1. The third-order valence-electron chi connectivity index (χ3n) is 6.84. The molecule has 248 valence electrons. The number of hydrogen-bond acceptors (Lipinski definition) is 8. The van der Waals surface area contributed by atoms with Gasteiger partial charge < -0.3 is 37.0 Å². The van der Waals surface area contributed by atoms with Gasteiger partial charge in [0.1, 0.15) is 17.3 Å². The number of carbonyl (C=O) groups excluding carboxylic acids is 6. The van der Waals surface area contributed by atoms with E-state index in [1.165, 1.54) is 0 Å². The van der Waals surface area contributed by atoms with Crippen LogP contribution in [0.25, 0.3) is 0 Å². The summed E-state index contributed by atoms with van der Waals surface area (Å²) in [6.07, 6.45) is 3.88. The highest BCUT2D eigenvalue weighted by Crippen LogP contribution is 2.19. The number of thioether (sulfide) groups is 1. The van der Waals surface area contributed by atoms with Crippen molar-refractivity contribution in [3.8, 4) is 0 Å². The summed E-state index contributed by atoms with van der Waals surface area (Å²) in [6.45, 7) is 1.01. The highest BCUT2D eigenvalue weighted by Gasteiger charge is 2.27. The van der Waals surface area contributed by atoms with Crippen LogP contribution in [0.15, 0.2) is 30.3 Å². The minimum Gasteiger partial charge on any atom is -0.480 e. The summed E-state index contributed by atoms with van der Waals surface area (Å²) >= 11 is 1.01. The molecule has 1 aromatic carbocycles. The van der Waals surface area contributed by atoms with Crippen LogP contribution in [0.3, 0.4) is 0 Å². The minimum absolute atomic E-state index is 0.0423. The Kier molecular flexibility index (Phi) is 17.1. The smallest absolute Gasteiger partial charge is 0.316 e. The first-order valence-electron chi connectivity index (χ1n) is 15.1. The maximum absolute atomic E-state index is 13.1. The number of hydrogen-bond donors (Lipinski definition) is 7. The molecule has 0 spiro atoms. The maximum Gasteiger partial charge on any atom is 0.316 e. The van der Waals surface area contributed by atoms with Crippen LogP contribution < -0.4 is 31.9 Å². The number of carboxylic acid groups (broad SMARTS) is 1. The first-order valence-corrected chi connectivity index (χ1v) is 16.2. The average molecular weight is 649 g/mol. The van der Waals surface area contributed by atoms with Crippen LogP contribution in [0, 0.1) is 0 Å². The van der Waals surface area contributed by atoms with Crippen molar-refractivity contribution in [2.45, 2.75) is 75.6 Å². The van der Waals surface area contributed by atoms with Crippen molar-refractivity contribution in [3.05, 3.63) is 35.9 Å². The molecule has 0 aromatic heterocycles. The van der Waals surface area contributed by atoms with Crippen LogP contribution in [0.1, 0.15) is 57.4 Å². The zero-order valence-electron chi connectivity index (χ0n) is 25.5. The summed E-state index contributed by atoms with van der Waals surface area (Å²) in [6, 6.07) is 6.69. The molecule has 1 aromatic rings. The van der Waals surface area contributed by atoms with Gasteiger partial charge in [0.2, 0.25) is 35.4 Å². The second-order valence-corrected chi connectivity index (χ2v) is 11.8. The quantitative estimate of drug-likeness (QED) is 0.183. The molecule has 3 unspecified atom stereocenters. The van der Waals surface area contributed by atoms with E-state index in [1.54, 1.807) is 30.3 Å². The molecule has 1 saturated heterocycles.